The maximum atomic E-state index is 12.1. The highest BCUT2D eigenvalue weighted by molar-refractivity contribution is 7.97. The summed E-state index contributed by atoms with van der Waals surface area (Å²) in [5.74, 6) is 0. The Morgan fingerprint density at radius 2 is 2.18 bits per heavy atom. The first-order chi connectivity index (χ1) is 8.02. The van der Waals surface area contributed by atoms with E-state index >= 15 is 0 Å². The fourth-order valence-corrected chi connectivity index (χ4v) is 3.04. The summed E-state index contributed by atoms with van der Waals surface area (Å²) in [5.41, 5.74) is 1.54. The van der Waals surface area contributed by atoms with Gasteiger partial charge in [0.05, 0.1) is 11.6 Å². The Hall–Kier alpha value is -1.23. The highest BCUT2D eigenvalue weighted by atomic mass is 32.2. The normalized spacial score (nSPS) is 17.6. The maximum absolute atomic E-state index is 12.1. The molecule has 0 fully saturated rings. The van der Waals surface area contributed by atoms with E-state index in [2.05, 4.69) is 23.5 Å². The van der Waals surface area contributed by atoms with Crippen molar-refractivity contribution in [1.29, 1.82) is 0 Å². The summed E-state index contributed by atoms with van der Waals surface area (Å²) in [4.78, 5) is 12.1. The van der Waals surface area contributed by atoms with Crippen molar-refractivity contribution in [3.05, 3.63) is 28.4 Å². The molecule has 1 aliphatic rings. The van der Waals surface area contributed by atoms with Gasteiger partial charge in [-0.05, 0) is 23.8 Å². The third-order valence-corrected chi connectivity index (χ3v) is 3.95. The second-order valence-corrected chi connectivity index (χ2v) is 6.09. The highest BCUT2D eigenvalue weighted by Gasteiger charge is 2.30. The van der Waals surface area contributed by atoms with Crippen LogP contribution in [-0.4, -0.2) is 20.0 Å². The van der Waals surface area contributed by atoms with Gasteiger partial charge in [0.15, 0.2) is 0 Å². The molecule has 3 heterocycles. The largest absolute Gasteiger partial charge is 0.349 e. The number of aromatic nitrogens is 3. The molecule has 2 aromatic rings. The average Bonchev–Trinajstić information content (AvgIpc) is 2.72. The molecular formula is C12H15N3OS. The lowest BCUT2D eigenvalue weighted by Crippen LogP contribution is -2.17. The van der Waals surface area contributed by atoms with Crippen molar-refractivity contribution in [3.63, 3.8) is 0 Å². The van der Waals surface area contributed by atoms with Gasteiger partial charge in [-0.25, -0.2) is 0 Å². The van der Waals surface area contributed by atoms with Crippen molar-refractivity contribution in [2.45, 2.75) is 26.8 Å². The summed E-state index contributed by atoms with van der Waals surface area (Å²) in [7, 11) is 0. The van der Waals surface area contributed by atoms with Crippen LogP contribution in [0.3, 0.4) is 0 Å². The Labute approximate surface area is 104 Å². The average molecular weight is 249 g/mol. The van der Waals surface area contributed by atoms with Crippen molar-refractivity contribution >= 4 is 22.7 Å². The molecule has 2 aromatic heterocycles. The van der Waals surface area contributed by atoms with Crippen LogP contribution in [0.4, 0.5) is 0 Å². The topological polar surface area (TPSA) is 39.8 Å². The first kappa shape index (κ1) is 10.9. The van der Waals surface area contributed by atoms with Gasteiger partial charge >= 0.3 is 0 Å². The molecule has 0 radical (unpaired) electrons. The van der Waals surface area contributed by atoms with E-state index in [9.17, 15) is 4.79 Å². The summed E-state index contributed by atoms with van der Waals surface area (Å²) >= 11 is 1.33. The second kappa shape index (κ2) is 3.38. The van der Waals surface area contributed by atoms with Gasteiger partial charge in [0.2, 0.25) is 0 Å². The van der Waals surface area contributed by atoms with Gasteiger partial charge in [0, 0.05) is 30.1 Å². The van der Waals surface area contributed by atoms with Crippen LogP contribution in [0, 0.1) is 5.41 Å². The van der Waals surface area contributed by atoms with Gasteiger partial charge in [-0.1, -0.05) is 13.8 Å². The molecule has 0 atom stereocenters. The Morgan fingerprint density at radius 3 is 2.88 bits per heavy atom. The van der Waals surface area contributed by atoms with E-state index in [1.165, 1.54) is 21.7 Å². The SMILES string of the molecule is CSn1ncc2c3n(cc2c1=O)CC(C)(C)C3. The molecule has 0 aliphatic carbocycles. The summed E-state index contributed by atoms with van der Waals surface area (Å²) in [6.45, 7) is 5.49. The van der Waals surface area contributed by atoms with E-state index in [4.69, 9.17) is 0 Å². The van der Waals surface area contributed by atoms with Gasteiger partial charge in [0.25, 0.3) is 5.56 Å². The van der Waals surface area contributed by atoms with Gasteiger partial charge in [-0.15, -0.1) is 0 Å². The molecule has 0 aromatic carbocycles. The van der Waals surface area contributed by atoms with Crippen molar-refractivity contribution in [1.82, 2.24) is 13.8 Å². The molecule has 0 unspecified atom stereocenters. The van der Waals surface area contributed by atoms with Crippen molar-refractivity contribution in [3.8, 4) is 0 Å². The number of hydrogen-bond acceptors (Lipinski definition) is 3. The molecular weight excluding hydrogens is 234 g/mol. The quantitative estimate of drug-likeness (QED) is 0.775. The fourth-order valence-electron chi connectivity index (χ4n) is 2.63. The van der Waals surface area contributed by atoms with Gasteiger partial charge < -0.3 is 4.57 Å². The van der Waals surface area contributed by atoms with Crippen LogP contribution < -0.4 is 5.56 Å². The Kier molecular flexibility index (Phi) is 2.17. The van der Waals surface area contributed by atoms with Crippen molar-refractivity contribution in [2.75, 3.05) is 6.26 Å². The minimum Gasteiger partial charge on any atom is -0.349 e. The molecule has 0 spiro atoms. The number of fused-ring (bicyclic) bond motifs is 3. The van der Waals surface area contributed by atoms with Crippen LogP contribution in [0.1, 0.15) is 19.5 Å². The third-order valence-electron chi connectivity index (χ3n) is 3.35. The predicted molar refractivity (Wildman–Crippen MR) is 70.4 cm³/mol. The number of rotatable bonds is 1. The van der Waals surface area contributed by atoms with Crippen LogP contribution in [0.25, 0.3) is 10.8 Å². The maximum Gasteiger partial charge on any atom is 0.286 e. The Morgan fingerprint density at radius 1 is 1.41 bits per heavy atom. The van der Waals surface area contributed by atoms with E-state index in [1.54, 1.807) is 0 Å². The molecule has 0 amide bonds. The van der Waals surface area contributed by atoms with E-state index in [0.717, 1.165) is 23.7 Å². The van der Waals surface area contributed by atoms with Crippen LogP contribution >= 0.6 is 11.9 Å². The van der Waals surface area contributed by atoms with Crippen LogP contribution in [0.2, 0.25) is 0 Å². The molecule has 1 aliphatic heterocycles. The van der Waals surface area contributed by atoms with Crippen LogP contribution in [0.5, 0.6) is 0 Å². The van der Waals surface area contributed by atoms with E-state index in [0.29, 0.717) is 0 Å². The zero-order chi connectivity index (χ0) is 12.2. The van der Waals surface area contributed by atoms with Crippen LogP contribution in [0.15, 0.2) is 17.2 Å². The summed E-state index contributed by atoms with van der Waals surface area (Å²) in [6.07, 6.45) is 6.67. The molecule has 0 bridgehead atoms. The second-order valence-electron chi connectivity index (χ2n) is 5.38. The van der Waals surface area contributed by atoms with Gasteiger partial charge in [0.1, 0.15) is 0 Å². The minimum absolute atomic E-state index is 0.00490. The molecule has 90 valence electrons. The standard InChI is InChI=1S/C12H15N3OS/c1-12(2)4-10-8-5-13-15(17-3)11(16)9(8)6-14(10)7-12/h5-6H,4,7H2,1-3H3. The molecule has 4 nitrogen and oxygen atoms in total. The zero-order valence-corrected chi connectivity index (χ0v) is 11.0. The lowest BCUT2D eigenvalue weighted by molar-refractivity contribution is 0.359. The van der Waals surface area contributed by atoms with Gasteiger partial charge in [-0.3, -0.25) is 4.79 Å². The van der Waals surface area contributed by atoms with Crippen molar-refractivity contribution in [2.24, 2.45) is 5.41 Å². The lowest BCUT2D eigenvalue weighted by Gasteiger charge is -2.15. The molecule has 0 N–H and O–H groups in total. The third kappa shape index (κ3) is 1.52. The Balaban J connectivity index is 2.27. The molecule has 0 saturated carbocycles. The predicted octanol–water partition coefficient (Wildman–Crippen LogP) is 1.91. The number of nitrogens with zero attached hydrogens (tertiary/aromatic N) is 3. The molecule has 3 rings (SSSR count). The summed E-state index contributed by atoms with van der Waals surface area (Å²) in [5, 5.41) is 5.99. The van der Waals surface area contributed by atoms with Crippen LogP contribution in [-0.2, 0) is 13.0 Å². The van der Waals surface area contributed by atoms with E-state index in [-0.39, 0.29) is 11.0 Å². The molecule has 0 saturated heterocycles. The Bertz CT molecular complexity index is 654. The first-order valence-corrected chi connectivity index (χ1v) is 6.84. The van der Waals surface area contributed by atoms with Gasteiger partial charge in [-0.2, -0.15) is 9.19 Å². The molecule has 5 heteroatoms. The first-order valence-electron chi connectivity index (χ1n) is 5.66. The summed E-state index contributed by atoms with van der Waals surface area (Å²) < 4.78 is 3.64. The minimum atomic E-state index is -0.00490. The molecule has 17 heavy (non-hydrogen) atoms. The fraction of sp³-hybridized carbons (Fsp3) is 0.500. The zero-order valence-electron chi connectivity index (χ0n) is 10.2. The van der Waals surface area contributed by atoms with E-state index in [1.807, 2.05) is 18.6 Å². The lowest BCUT2D eigenvalue weighted by atomic mass is 9.90. The van der Waals surface area contributed by atoms with Crippen molar-refractivity contribution < 1.29 is 0 Å². The highest BCUT2D eigenvalue weighted by Crippen LogP contribution is 2.35. The van der Waals surface area contributed by atoms with E-state index < -0.39 is 0 Å². The number of hydrogen-bond donors (Lipinski definition) is 0. The smallest absolute Gasteiger partial charge is 0.286 e. The monoisotopic (exact) mass is 249 g/mol. The summed E-state index contributed by atoms with van der Waals surface area (Å²) in [6, 6.07) is 0.